The average Bonchev–Trinajstić information content (AvgIpc) is 2.95. The molecule has 0 bridgehead atoms. The highest BCUT2D eigenvalue weighted by Gasteiger charge is 2.31. The first-order chi connectivity index (χ1) is 12.9. The van der Waals surface area contributed by atoms with E-state index in [4.69, 9.17) is 5.73 Å². The maximum atomic E-state index is 13.3. The highest BCUT2D eigenvalue weighted by Crippen LogP contribution is 2.37. The molecule has 1 amide bonds. The zero-order valence-electron chi connectivity index (χ0n) is 14.8. The van der Waals surface area contributed by atoms with E-state index >= 15 is 0 Å². The molecule has 1 aliphatic carbocycles. The second-order valence-corrected chi connectivity index (χ2v) is 7.32. The molecular formula is C21H20F3N2O. The van der Waals surface area contributed by atoms with Crippen molar-refractivity contribution in [1.82, 2.24) is 4.57 Å². The predicted octanol–water partition coefficient (Wildman–Crippen LogP) is 5.29. The third kappa shape index (κ3) is 3.17. The van der Waals surface area contributed by atoms with Crippen LogP contribution < -0.4 is 5.73 Å². The summed E-state index contributed by atoms with van der Waals surface area (Å²) < 4.78 is 41.7. The lowest BCUT2D eigenvalue weighted by Crippen LogP contribution is -2.14. The van der Waals surface area contributed by atoms with E-state index in [0.29, 0.717) is 34.3 Å². The van der Waals surface area contributed by atoms with E-state index in [0.717, 1.165) is 37.3 Å². The molecule has 1 fully saturated rings. The molecule has 141 valence electrons. The Bertz CT molecular complexity index is 1010. The molecule has 0 unspecified atom stereocenters. The molecule has 2 N–H and O–H groups in total. The minimum Gasteiger partial charge on any atom is -0.366 e. The van der Waals surface area contributed by atoms with Crippen LogP contribution in [0.5, 0.6) is 0 Å². The largest absolute Gasteiger partial charge is 0.416 e. The number of fused-ring (bicyclic) bond motifs is 3. The zero-order valence-corrected chi connectivity index (χ0v) is 14.8. The number of primary amides is 1. The number of carbonyl (C=O) groups is 1. The van der Waals surface area contributed by atoms with Crippen molar-refractivity contribution >= 4 is 27.7 Å². The SMILES string of the molecule is NC(=O)c1cccc2c1c1[c]cc(C(F)(F)F)cc1n2CC1CCCCC1. The Morgan fingerprint density at radius 2 is 1.93 bits per heavy atom. The second-order valence-electron chi connectivity index (χ2n) is 7.32. The Hall–Kier alpha value is -2.50. The van der Waals surface area contributed by atoms with E-state index < -0.39 is 17.6 Å². The van der Waals surface area contributed by atoms with E-state index in [1.54, 1.807) is 12.1 Å². The molecule has 6 heteroatoms. The lowest BCUT2D eigenvalue weighted by Gasteiger charge is -2.23. The highest BCUT2D eigenvalue weighted by molar-refractivity contribution is 6.17. The summed E-state index contributed by atoms with van der Waals surface area (Å²) in [6, 6.07) is 10.1. The van der Waals surface area contributed by atoms with Gasteiger partial charge in [-0.2, -0.15) is 13.2 Å². The molecule has 0 saturated heterocycles. The summed E-state index contributed by atoms with van der Waals surface area (Å²) in [6.45, 7) is 0.636. The average molecular weight is 373 g/mol. The van der Waals surface area contributed by atoms with Crippen LogP contribution in [0.3, 0.4) is 0 Å². The van der Waals surface area contributed by atoms with Gasteiger partial charge in [0.25, 0.3) is 0 Å². The maximum absolute atomic E-state index is 13.3. The van der Waals surface area contributed by atoms with E-state index in [-0.39, 0.29) is 0 Å². The van der Waals surface area contributed by atoms with Crippen LogP contribution in [0.25, 0.3) is 21.8 Å². The first-order valence-corrected chi connectivity index (χ1v) is 9.20. The number of carbonyl (C=O) groups excluding carboxylic acids is 1. The van der Waals surface area contributed by atoms with Crippen molar-refractivity contribution in [2.24, 2.45) is 11.7 Å². The van der Waals surface area contributed by atoms with Gasteiger partial charge in [-0.05, 0) is 49.1 Å². The van der Waals surface area contributed by atoms with Crippen LogP contribution in [-0.4, -0.2) is 10.5 Å². The number of rotatable bonds is 3. The number of alkyl halides is 3. The van der Waals surface area contributed by atoms with E-state index in [2.05, 4.69) is 6.07 Å². The molecule has 1 aromatic heterocycles. The van der Waals surface area contributed by atoms with Crippen molar-refractivity contribution in [3.63, 3.8) is 0 Å². The van der Waals surface area contributed by atoms with Gasteiger partial charge in [-0.3, -0.25) is 4.79 Å². The molecule has 27 heavy (non-hydrogen) atoms. The summed E-state index contributed by atoms with van der Waals surface area (Å²) in [5, 5.41) is 1.10. The van der Waals surface area contributed by atoms with Crippen molar-refractivity contribution in [3.8, 4) is 0 Å². The highest BCUT2D eigenvalue weighted by atomic mass is 19.4. The van der Waals surface area contributed by atoms with Gasteiger partial charge < -0.3 is 10.3 Å². The quantitative estimate of drug-likeness (QED) is 0.666. The molecule has 2 aromatic carbocycles. The Kier molecular flexibility index (Phi) is 4.36. The molecule has 3 aromatic rings. The summed E-state index contributed by atoms with van der Waals surface area (Å²) in [4.78, 5) is 11.9. The van der Waals surface area contributed by atoms with Crippen LogP contribution in [0.4, 0.5) is 13.2 Å². The first kappa shape index (κ1) is 17.9. The summed E-state index contributed by atoms with van der Waals surface area (Å²) >= 11 is 0. The van der Waals surface area contributed by atoms with Crippen molar-refractivity contribution in [1.29, 1.82) is 0 Å². The number of amides is 1. The van der Waals surface area contributed by atoms with Gasteiger partial charge >= 0.3 is 6.18 Å². The Labute approximate surface area is 154 Å². The van der Waals surface area contributed by atoms with Crippen molar-refractivity contribution in [2.45, 2.75) is 44.8 Å². The number of halogens is 3. The van der Waals surface area contributed by atoms with Crippen LogP contribution in [0.2, 0.25) is 0 Å². The molecule has 0 spiro atoms. The van der Waals surface area contributed by atoms with Crippen LogP contribution in [0.1, 0.15) is 48.0 Å². The van der Waals surface area contributed by atoms with Crippen LogP contribution >= 0.6 is 0 Å². The Morgan fingerprint density at radius 3 is 2.59 bits per heavy atom. The van der Waals surface area contributed by atoms with Crippen LogP contribution in [0, 0.1) is 12.0 Å². The zero-order chi connectivity index (χ0) is 19.2. The van der Waals surface area contributed by atoms with E-state index in [1.165, 1.54) is 12.5 Å². The standard InChI is InChI=1S/C21H20F3N2O/c22-21(23,24)14-9-10-15-18(11-14)26(12-13-5-2-1-3-6-13)17-8-4-7-16(19(15)17)20(25)27/h4,7-9,11,13H,1-3,5-6,12H2,(H2,25,27). The van der Waals surface area contributed by atoms with Crippen molar-refractivity contribution < 1.29 is 18.0 Å². The van der Waals surface area contributed by atoms with Crippen LogP contribution in [0.15, 0.2) is 30.3 Å². The fourth-order valence-electron chi connectivity index (χ4n) is 4.25. The number of benzene rings is 2. The van der Waals surface area contributed by atoms with Gasteiger partial charge in [0.2, 0.25) is 5.91 Å². The molecule has 1 radical (unpaired) electrons. The van der Waals surface area contributed by atoms with Gasteiger partial charge in [0, 0.05) is 28.4 Å². The third-order valence-electron chi connectivity index (χ3n) is 5.55. The molecule has 3 nitrogen and oxygen atoms in total. The van der Waals surface area contributed by atoms with E-state index in [9.17, 15) is 18.0 Å². The fraction of sp³-hybridized carbons (Fsp3) is 0.381. The van der Waals surface area contributed by atoms with Crippen molar-refractivity contribution in [2.75, 3.05) is 0 Å². The van der Waals surface area contributed by atoms with Crippen molar-refractivity contribution in [3.05, 3.63) is 47.5 Å². The van der Waals surface area contributed by atoms with Gasteiger partial charge in [-0.25, -0.2) is 0 Å². The number of hydrogen-bond donors (Lipinski definition) is 1. The van der Waals surface area contributed by atoms with Crippen LogP contribution in [-0.2, 0) is 12.7 Å². The first-order valence-electron chi connectivity index (χ1n) is 9.20. The summed E-state index contributed by atoms with van der Waals surface area (Å²) in [7, 11) is 0. The van der Waals surface area contributed by atoms with Gasteiger partial charge in [-0.1, -0.05) is 25.3 Å². The van der Waals surface area contributed by atoms with Gasteiger partial charge in [0.15, 0.2) is 0 Å². The van der Waals surface area contributed by atoms with Gasteiger partial charge in [0.05, 0.1) is 11.1 Å². The normalized spacial score (nSPS) is 16.3. The molecule has 4 rings (SSSR count). The Balaban J connectivity index is 1.98. The Morgan fingerprint density at radius 1 is 1.19 bits per heavy atom. The number of nitrogens with two attached hydrogens (primary N) is 1. The molecule has 1 saturated carbocycles. The second kappa shape index (κ2) is 6.59. The van der Waals surface area contributed by atoms with Gasteiger partial charge in [-0.15, -0.1) is 0 Å². The number of hydrogen-bond acceptors (Lipinski definition) is 1. The fourth-order valence-corrected chi connectivity index (χ4v) is 4.25. The minimum absolute atomic E-state index is 0.316. The summed E-state index contributed by atoms with van der Waals surface area (Å²) in [6.07, 6.45) is 1.20. The minimum atomic E-state index is -4.44. The predicted molar refractivity (Wildman–Crippen MR) is 98.4 cm³/mol. The lowest BCUT2D eigenvalue weighted by atomic mass is 9.89. The monoisotopic (exact) mass is 373 g/mol. The van der Waals surface area contributed by atoms with E-state index in [1.807, 2.05) is 10.6 Å². The maximum Gasteiger partial charge on any atom is 0.416 e. The molecule has 1 heterocycles. The smallest absolute Gasteiger partial charge is 0.366 e. The number of aromatic nitrogens is 1. The number of nitrogens with zero attached hydrogens (tertiary/aromatic N) is 1. The summed E-state index contributed by atoms with van der Waals surface area (Å²) in [5.74, 6) is -0.171. The molecule has 0 aliphatic heterocycles. The van der Waals surface area contributed by atoms with Gasteiger partial charge in [0.1, 0.15) is 0 Å². The summed E-state index contributed by atoms with van der Waals surface area (Å²) in [5.41, 5.74) is 6.30. The third-order valence-corrected chi connectivity index (χ3v) is 5.55. The molecule has 0 atom stereocenters. The topological polar surface area (TPSA) is 48.0 Å². The lowest BCUT2D eigenvalue weighted by molar-refractivity contribution is -0.137. The molecule has 1 aliphatic rings. The molecular weight excluding hydrogens is 353 g/mol.